The molecule has 0 aromatic heterocycles. The molecular formula is C19H16Cl2N2O3. The van der Waals surface area contributed by atoms with Gasteiger partial charge in [0.2, 0.25) is 0 Å². The third-order valence-corrected chi connectivity index (χ3v) is 5.74. The van der Waals surface area contributed by atoms with Crippen molar-refractivity contribution in [1.82, 2.24) is 0 Å². The number of nitro benzene ring substituents is 1. The molecule has 2 aromatic carbocycles. The summed E-state index contributed by atoms with van der Waals surface area (Å²) < 4.78 is 5.47. The number of nitro groups is 1. The van der Waals surface area contributed by atoms with E-state index in [9.17, 15) is 10.1 Å². The summed E-state index contributed by atoms with van der Waals surface area (Å²) in [5.41, 5.74) is 2.37. The number of anilines is 1. The van der Waals surface area contributed by atoms with E-state index in [1.54, 1.807) is 19.2 Å². The van der Waals surface area contributed by atoms with E-state index in [2.05, 4.69) is 11.4 Å². The number of nitrogens with zero attached hydrogens (tertiary/aromatic N) is 1. The second-order valence-electron chi connectivity index (χ2n) is 6.47. The summed E-state index contributed by atoms with van der Waals surface area (Å²) in [5.74, 6) is 0.643. The van der Waals surface area contributed by atoms with Crippen LogP contribution >= 0.6 is 23.2 Å². The van der Waals surface area contributed by atoms with Crippen LogP contribution in [0.4, 0.5) is 11.4 Å². The number of halogens is 2. The molecule has 0 spiro atoms. The number of ether oxygens (including phenoxy) is 1. The third-order valence-electron chi connectivity index (χ3n) is 5.17. The van der Waals surface area contributed by atoms with Crippen LogP contribution in [-0.2, 0) is 0 Å². The number of hydrogen-bond acceptors (Lipinski definition) is 4. The lowest BCUT2D eigenvalue weighted by atomic mass is 9.76. The Hall–Kier alpha value is -2.24. The highest BCUT2D eigenvalue weighted by molar-refractivity contribution is 6.35. The molecule has 0 unspecified atom stereocenters. The standard InChI is InChI=1S/C19H16Cl2N2O3/c1-26-16-8-7-15(23(24)25)17-11-3-2-4-12(11)18(22-19(16)17)13-6-5-10(20)9-14(13)21/h2-3,5-9,11-12,18,22H,4H2,1H3/t11-,12+,18-/m0/s1. The van der Waals surface area contributed by atoms with Gasteiger partial charge >= 0.3 is 0 Å². The van der Waals surface area contributed by atoms with Gasteiger partial charge in [-0.15, -0.1) is 0 Å². The normalized spacial score (nSPS) is 23.1. The molecule has 5 nitrogen and oxygen atoms in total. The van der Waals surface area contributed by atoms with Gasteiger partial charge in [0.05, 0.1) is 29.3 Å². The SMILES string of the molecule is COc1ccc([N+](=O)[O-])c2c1N[C@H](c1ccc(Cl)cc1Cl)[C@@H]1CC=C[C@H]21. The summed E-state index contributed by atoms with van der Waals surface area (Å²) in [7, 11) is 1.56. The van der Waals surface area contributed by atoms with Gasteiger partial charge in [0.15, 0.2) is 0 Å². The predicted octanol–water partition coefficient (Wildman–Crippen LogP) is 5.74. The molecule has 26 heavy (non-hydrogen) atoms. The van der Waals surface area contributed by atoms with Crippen molar-refractivity contribution in [2.75, 3.05) is 12.4 Å². The van der Waals surface area contributed by atoms with E-state index >= 15 is 0 Å². The highest BCUT2D eigenvalue weighted by Gasteiger charge is 2.43. The predicted molar refractivity (Wildman–Crippen MR) is 102 cm³/mol. The Morgan fingerprint density at radius 3 is 2.77 bits per heavy atom. The molecule has 0 saturated heterocycles. The van der Waals surface area contributed by atoms with Crippen LogP contribution in [0.1, 0.15) is 29.5 Å². The first-order chi connectivity index (χ1) is 12.5. The van der Waals surface area contributed by atoms with Gasteiger partial charge in [0.1, 0.15) is 5.75 Å². The quantitative estimate of drug-likeness (QED) is 0.412. The maximum absolute atomic E-state index is 11.6. The van der Waals surface area contributed by atoms with Crippen LogP contribution in [0.3, 0.4) is 0 Å². The first-order valence-corrected chi connectivity index (χ1v) is 9.00. The van der Waals surface area contributed by atoms with E-state index in [4.69, 9.17) is 27.9 Å². The molecule has 1 heterocycles. The number of nitrogens with one attached hydrogen (secondary N) is 1. The van der Waals surface area contributed by atoms with Crippen LogP contribution in [-0.4, -0.2) is 12.0 Å². The number of benzene rings is 2. The lowest BCUT2D eigenvalue weighted by Gasteiger charge is -2.38. The monoisotopic (exact) mass is 390 g/mol. The Morgan fingerprint density at radius 2 is 2.08 bits per heavy atom. The van der Waals surface area contributed by atoms with Gasteiger partial charge in [0.25, 0.3) is 5.69 Å². The topological polar surface area (TPSA) is 64.4 Å². The molecule has 1 N–H and O–H groups in total. The number of fused-ring (bicyclic) bond motifs is 3. The van der Waals surface area contributed by atoms with E-state index in [1.165, 1.54) is 6.07 Å². The first-order valence-electron chi connectivity index (χ1n) is 8.24. The molecule has 2 aliphatic rings. The van der Waals surface area contributed by atoms with Gasteiger partial charge in [-0.25, -0.2) is 0 Å². The molecule has 0 saturated carbocycles. The molecule has 0 radical (unpaired) electrons. The number of hydrogen-bond donors (Lipinski definition) is 1. The summed E-state index contributed by atoms with van der Waals surface area (Å²) >= 11 is 12.5. The van der Waals surface area contributed by atoms with Crippen molar-refractivity contribution in [3.63, 3.8) is 0 Å². The van der Waals surface area contributed by atoms with Crippen molar-refractivity contribution in [1.29, 1.82) is 0 Å². The molecule has 4 rings (SSSR count). The molecule has 134 valence electrons. The lowest BCUT2D eigenvalue weighted by molar-refractivity contribution is -0.385. The largest absolute Gasteiger partial charge is 0.495 e. The summed E-state index contributed by atoms with van der Waals surface area (Å²) in [6.45, 7) is 0. The minimum absolute atomic E-state index is 0.0708. The fourth-order valence-electron chi connectivity index (χ4n) is 4.05. The average molecular weight is 391 g/mol. The molecule has 2 aromatic rings. The highest BCUT2D eigenvalue weighted by Crippen LogP contribution is 2.55. The third kappa shape index (κ3) is 2.63. The Balaban J connectivity index is 1.90. The van der Waals surface area contributed by atoms with Crippen molar-refractivity contribution in [2.24, 2.45) is 5.92 Å². The summed E-state index contributed by atoms with van der Waals surface area (Å²) in [4.78, 5) is 11.2. The minimum atomic E-state index is -0.335. The molecule has 7 heteroatoms. The van der Waals surface area contributed by atoms with E-state index in [0.717, 1.165) is 12.0 Å². The van der Waals surface area contributed by atoms with Crippen LogP contribution in [0, 0.1) is 16.0 Å². The van der Waals surface area contributed by atoms with E-state index < -0.39 is 0 Å². The fraction of sp³-hybridized carbons (Fsp3) is 0.263. The van der Waals surface area contributed by atoms with Crippen molar-refractivity contribution in [3.8, 4) is 5.75 Å². The molecule has 1 aliphatic heterocycles. The Kier molecular flexibility index (Phi) is 4.29. The van der Waals surface area contributed by atoms with Crippen molar-refractivity contribution in [3.05, 3.63) is 73.8 Å². The van der Waals surface area contributed by atoms with Crippen LogP contribution < -0.4 is 10.1 Å². The smallest absolute Gasteiger partial charge is 0.275 e. The minimum Gasteiger partial charge on any atom is -0.495 e. The zero-order chi connectivity index (χ0) is 18.4. The molecule has 0 fully saturated rings. The van der Waals surface area contributed by atoms with Gasteiger partial charge in [-0.1, -0.05) is 41.4 Å². The Bertz CT molecular complexity index is 929. The van der Waals surface area contributed by atoms with E-state index in [0.29, 0.717) is 27.0 Å². The zero-order valence-electron chi connectivity index (χ0n) is 13.9. The summed E-state index contributed by atoms with van der Waals surface area (Å²) in [6, 6.07) is 8.48. The molecule has 1 aliphatic carbocycles. The summed E-state index contributed by atoms with van der Waals surface area (Å²) in [6.07, 6.45) is 4.94. The van der Waals surface area contributed by atoms with Gasteiger partial charge < -0.3 is 10.1 Å². The van der Waals surface area contributed by atoms with Gasteiger partial charge in [-0.3, -0.25) is 10.1 Å². The first kappa shape index (κ1) is 17.2. The molecule has 3 atom stereocenters. The molecular weight excluding hydrogens is 375 g/mol. The molecule has 0 bridgehead atoms. The van der Waals surface area contributed by atoms with Crippen LogP contribution in [0.15, 0.2) is 42.5 Å². The number of rotatable bonds is 3. The van der Waals surface area contributed by atoms with Crippen molar-refractivity contribution >= 4 is 34.6 Å². The van der Waals surface area contributed by atoms with Crippen LogP contribution in [0.25, 0.3) is 0 Å². The second-order valence-corrected chi connectivity index (χ2v) is 7.32. The van der Waals surface area contributed by atoms with E-state index in [1.807, 2.05) is 18.2 Å². The second kappa shape index (κ2) is 6.49. The van der Waals surface area contributed by atoms with Crippen LogP contribution in [0.2, 0.25) is 10.0 Å². The lowest BCUT2D eigenvalue weighted by Crippen LogP contribution is -2.30. The number of allylic oxidation sites excluding steroid dienone is 2. The van der Waals surface area contributed by atoms with Crippen molar-refractivity contribution < 1.29 is 9.66 Å². The number of methoxy groups -OCH3 is 1. The highest BCUT2D eigenvalue weighted by atomic mass is 35.5. The van der Waals surface area contributed by atoms with Gasteiger partial charge in [0, 0.05) is 22.0 Å². The maximum atomic E-state index is 11.6. The zero-order valence-corrected chi connectivity index (χ0v) is 15.4. The summed E-state index contributed by atoms with van der Waals surface area (Å²) in [5, 5.41) is 16.2. The fourth-order valence-corrected chi connectivity index (χ4v) is 4.58. The Morgan fingerprint density at radius 1 is 1.27 bits per heavy atom. The Labute approximate surface area is 160 Å². The van der Waals surface area contributed by atoms with Gasteiger partial charge in [-0.2, -0.15) is 0 Å². The van der Waals surface area contributed by atoms with Gasteiger partial charge in [-0.05, 0) is 36.1 Å². The maximum Gasteiger partial charge on any atom is 0.275 e. The van der Waals surface area contributed by atoms with E-state index in [-0.39, 0.29) is 28.5 Å². The molecule has 0 amide bonds. The van der Waals surface area contributed by atoms with Crippen molar-refractivity contribution in [2.45, 2.75) is 18.4 Å². The average Bonchev–Trinajstić information content (AvgIpc) is 3.10. The van der Waals surface area contributed by atoms with Crippen LogP contribution in [0.5, 0.6) is 5.75 Å².